The molecule has 2 aromatic carbocycles. The molecule has 2 nitrogen and oxygen atoms in total. The Morgan fingerprint density at radius 2 is 1.56 bits per heavy atom. The van der Waals surface area contributed by atoms with E-state index in [-0.39, 0.29) is 5.72 Å². The number of likely N-dealkylation sites (tertiary alicyclic amines) is 1. The summed E-state index contributed by atoms with van der Waals surface area (Å²) < 4.78 is 7.34. The number of fused-ring (bicyclic) bond motifs is 1. The summed E-state index contributed by atoms with van der Waals surface area (Å²) in [5.41, 5.74) is 5.66. The van der Waals surface area contributed by atoms with Crippen LogP contribution in [0.3, 0.4) is 0 Å². The summed E-state index contributed by atoms with van der Waals surface area (Å²) in [4.78, 5) is 2.74. The van der Waals surface area contributed by atoms with Crippen molar-refractivity contribution in [3.8, 4) is 0 Å². The van der Waals surface area contributed by atoms with E-state index in [0.717, 1.165) is 6.42 Å². The maximum atomic E-state index is 7.34. The topological polar surface area (TPSA) is 12.5 Å². The molecule has 0 N–H and O–H groups in total. The maximum Gasteiger partial charge on any atom is 0.167 e. The highest BCUT2D eigenvalue weighted by Crippen LogP contribution is 2.58. The number of hydrogen-bond acceptors (Lipinski definition) is 2. The van der Waals surface area contributed by atoms with Gasteiger partial charge in [-0.25, -0.2) is 0 Å². The van der Waals surface area contributed by atoms with Crippen molar-refractivity contribution in [3.05, 3.63) is 88.7 Å². The van der Waals surface area contributed by atoms with Crippen LogP contribution in [0.2, 0.25) is 0 Å². The second kappa shape index (κ2) is 8.56. The van der Waals surface area contributed by atoms with E-state index in [1.54, 1.807) is 5.57 Å². The first-order valence-electron chi connectivity index (χ1n) is 12.8. The summed E-state index contributed by atoms with van der Waals surface area (Å²) in [7, 11) is 0. The molecule has 0 amide bonds. The Hall–Kier alpha value is -2.32. The highest BCUT2D eigenvalue weighted by Gasteiger charge is 2.56. The first-order valence-corrected chi connectivity index (χ1v) is 12.8. The molecular weight excluding hydrogens is 390 g/mol. The molecule has 0 aromatic heterocycles. The van der Waals surface area contributed by atoms with Gasteiger partial charge in [-0.15, -0.1) is 0 Å². The molecular formula is C30H35NO. The quantitative estimate of drug-likeness (QED) is 0.511. The monoisotopic (exact) mass is 425 g/mol. The molecule has 3 atom stereocenters. The molecule has 1 saturated carbocycles. The summed E-state index contributed by atoms with van der Waals surface area (Å²) in [6.07, 6.45) is 13.6. The lowest BCUT2D eigenvalue weighted by molar-refractivity contribution is -0.190. The van der Waals surface area contributed by atoms with Gasteiger partial charge in [-0.05, 0) is 73.3 Å². The molecule has 0 unspecified atom stereocenters. The number of ether oxygens (including phenoxy) is 1. The van der Waals surface area contributed by atoms with Gasteiger partial charge in [0.15, 0.2) is 5.72 Å². The number of allylic oxidation sites excluding steroid dienone is 2. The Morgan fingerprint density at radius 3 is 2.34 bits per heavy atom. The van der Waals surface area contributed by atoms with Crippen molar-refractivity contribution in [1.82, 2.24) is 4.90 Å². The van der Waals surface area contributed by atoms with Crippen molar-refractivity contribution < 1.29 is 4.74 Å². The summed E-state index contributed by atoms with van der Waals surface area (Å²) in [6.45, 7) is 2.39. The molecule has 2 aliphatic heterocycles. The Kier molecular flexibility index (Phi) is 5.43. The van der Waals surface area contributed by atoms with E-state index in [0.29, 0.717) is 11.8 Å². The standard InChI is InChI=1S/C30H35NO/c1-3-12-23(13-4-1)22-25-16-11-17-26-28(24-14-5-2-6-15-24)27-18-7-8-19-30(27,32-29(25)26)31-20-9-10-21-31/h1-6,12-15,22,27-28H,7-11,16-21H2/b25-22+/t27-,28+,30+/m0/s1. The fraction of sp³-hybridized carbons (Fsp3) is 0.467. The largest absolute Gasteiger partial charge is 0.472 e. The maximum absolute atomic E-state index is 7.34. The normalized spacial score (nSPS) is 31.8. The van der Waals surface area contributed by atoms with E-state index in [1.165, 1.54) is 86.9 Å². The molecule has 0 bridgehead atoms. The third-order valence-electron chi connectivity index (χ3n) is 8.35. The Balaban J connectivity index is 1.52. The second-order valence-corrected chi connectivity index (χ2v) is 10.2. The van der Waals surface area contributed by atoms with Crippen LogP contribution in [-0.4, -0.2) is 23.7 Å². The molecule has 2 heteroatoms. The van der Waals surface area contributed by atoms with Crippen LogP contribution in [0.15, 0.2) is 77.6 Å². The van der Waals surface area contributed by atoms with Gasteiger partial charge in [-0.2, -0.15) is 0 Å². The summed E-state index contributed by atoms with van der Waals surface area (Å²) in [5, 5.41) is 0. The number of rotatable bonds is 3. The van der Waals surface area contributed by atoms with E-state index in [1.807, 2.05) is 0 Å². The van der Waals surface area contributed by atoms with Crippen LogP contribution in [0.1, 0.15) is 74.8 Å². The number of hydrogen-bond donors (Lipinski definition) is 0. The van der Waals surface area contributed by atoms with Gasteiger partial charge in [0.2, 0.25) is 0 Å². The van der Waals surface area contributed by atoms with Crippen molar-refractivity contribution in [3.63, 3.8) is 0 Å². The van der Waals surface area contributed by atoms with Crippen LogP contribution >= 0.6 is 0 Å². The van der Waals surface area contributed by atoms with Crippen molar-refractivity contribution in [2.45, 2.75) is 69.4 Å². The fourth-order valence-electron chi connectivity index (χ4n) is 6.99. The minimum Gasteiger partial charge on any atom is -0.472 e. The lowest BCUT2D eigenvalue weighted by Gasteiger charge is -2.56. The minimum absolute atomic E-state index is 0.124. The highest BCUT2D eigenvalue weighted by molar-refractivity contribution is 5.60. The molecule has 2 fully saturated rings. The zero-order valence-electron chi connectivity index (χ0n) is 19.1. The molecule has 1 saturated heterocycles. The lowest BCUT2D eigenvalue weighted by Crippen LogP contribution is -2.60. The predicted molar refractivity (Wildman–Crippen MR) is 131 cm³/mol. The SMILES string of the molecule is C(=C1/CCCC2=C1O[C@]1(N3CCCC3)CCCC[C@H]1[C@@H]2c1ccccc1)/c1ccccc1. The number of benzene rings is 2. The zero-order valence-corrected chi connectivity index (χ0v) is 19.1. The molecule has 2 aromatic rings. The van der Waals surface area contributed by atoms with E-state index >= 15 is 0 Å². The van der Waals surface area contributed by atoms with Gasteiger partial charge in [-0.1, -0.05) is 67.1 Å². The predicted octanol–water partition coefficient (Wildman–Crippen LogP) is 7.30. The van der Waals surface area contributed by atoms with Gasteiger partial charge in [0.25, 0.3) is 0 Å². The zero-order chi connectivity index (χ0) is 21.4. The lowest BCUT2D eigenvalue weighted by atomic mass is 9.64. The van der Waals surface area contributed by atoms with E-state index in [4.69, 9.17) is 4.74 Å². The van der Waals surface area contributed by atoms with Gasteiger partial charge in [0.1, 0.15) is 5.76 Å². The van der Waals surface area contributed by atoms with Crippen molar-refractivity contribution in [1.29, 1.82) is 0 Å². The Labute approximate surface area is 193 Å². The average Bonchev–Trinajstić information content (AvgIpc) is 3.40. The van der Waals surface area contributed by atoms with Crippen LogP contribution < -0.4 is 0 Å². The van der Waals surface area contributed by atoms with E-state index in [9.17, 15) is 0 Å². The Bertz CT molecular complexity index is 1000. The number of nitrogens with zero attached hydrogens (tertiary/aromatic N) is 1. The van der Waals surface area contributed by atoms with Gasteiger partial charge in [0.05, 0.1) is 0 Å². The summed E-state index contributed by atoms with van der Waals surface area (Å²) in [6, 6.07) is 22.2. The van der Waals surface area contributed by atoms with Crippen LogP contribution in [0, 0.1) is 5.92 Å². The molecule has 4 aliphatic rings. The smallest absolute Gasteiger partial charge is 0.167 e. The van der Waals surface area contributed by atoms with Crippen molar-refractivity contribution in [2.24, 2.45) is 5.92 Å². The van der Waals surface area contributed by atoms with Crippen molar-refractivity contribution in [2.75, 3.05) is 13.1 Å². The van der Waals surface area contributed by atoms with E-state index in [2.05, 4.69) is 71.6 Å². The molecule has 0 radical (unpaired) electrons. The molecule has 0 spiro atoms. The molecule has 2 heterocycles. The molecule has 32 heavy (non-hydrogen) atoms. The first kappa shape index (κ1) is 20.3. The third-order valence-corrected chi connectivity index (χ3v) is 8.35. The summed E-state index contributed by atoms with van der Waals surface area (Å²) >= 11 is 0. The first-order chi connectivity index (χ1) is 15.9. The van der Waals surface area contributed by atoms with Crippen LogP contribution in [0.5, 0.6) is 0 Å². The van der Waals surface area contributed by atoms with E-state index < -0.39 is 0 Å². The van der Waals surface area contributed by atoms with Crippen molar-refractivity contribution >= 4 is 6.08 Å². The minimum atomic E-state index is -0.124. The Morgan fingerprint density at radius 1 is 0.812 bits per heavy atom. The van der Waals surface area contributed by atoms with Crippen LogP contribution in [0.25, 0.3) is 6.08 Å². The fourth-order valence-corrected chi connectivity index (χ4v) is 6.99. The highest BCUT2D eigenvalue weighted by atomic mass is 16.5. The van der Waals surface area contributed by atoms with Gasteiger partial charge < -0.3 is 4.74 Å². The van der Waals surface area contributed by atoms with Crippen LogP contribution in [0.4, 0.5) is 0 Å². The third kappa shape index (κ3) is 3.44. The van der Waals surface area contributed by atoms with Gasteiger partial charge >= 0.3 is 0 Å². The van der Waals surface area contributed by atoms with Crippen LogP contribution in [-0.2, 0) is 4.74 Å². The molecule has 2 aliphatic carbocycles. The van der Waals surface area contributed by atoms with Gasteiger partial charge in [0, 0.05) is 31.3 Å². The average molecular weight is 426 g/mol. The molecule has 166 valence electrons. The second-order valence-electron chi connectivity index (χ2n) is 10.2. The van der Waals surface area contributed by atoms with Gasteiger partial charge in [-0.3, -0.25) is 4.90 Å². The molecule has 6 rings (SSSR count). The summed E-state index contributed by atoms with van der Waals surface area (Å²) in [5.74, 6) is 2.30.